The number of aliphatic carboxylic acids is 1. The molecule has 2 bridgehead atoms. The zero-order valence-corrected chi connectivity index (χ0v) is 18.3. The van der Waals surface area contributed by atoms with Crippen molar-refractivity contribution in [2.45, 2.75) is 24.8 Å². The van der Waals surface area contributed by atoms with Gasteiger partial charge in [-0.2, -0.15) is 5.10 Å². The van der Waals surface area contributed by atoms with Crippen LogP contribution >= 0.6 is 27.5 Å². The fourth-order valence-corrected chi connectivity index (χ4v) is 5.12. The minimum absolute atomic E-state index is 0.0129. The fraction of sp³-hybridized carbons (Fsp3) is 0.400. The van der Waals surface area contributed by atoms with Crippen molar-refractivity contribution in [2.24, 2.45) is 5.92 Å². The molecule has 2 aliphatic heterocycles. The maximum Gasteiger partial charge on any atom is 0.305 e. The molecule has 1 N–H and O–H groups in total. The average molecular weight is 493 g/mol. The molecule has 0 amide bonds. The van der Waals surface area contributed by atoms with E-state index in [1.54, 1.807) is 11.0 Å². The zero-order valence-electron chi connectivity index (χ0n) is 16.0. The van der Waals surface area contributed by atoms with E-state index in [-0.39, 0.29) is 18.6 Å². The number of hydrogen-bond acceptors (Lipinski definition) is 6. The number of fused-ring (bicyclic) bond motifs is 2. The Labute approximate surface area is 185 Å². The van der Waals surface area contributed by atoms with Crippen LogP contribution in [0.5, 0.6) is 0 Å². The van der Waals surface area contributed by atoms with Crippen LogP contribution in [0.25, 0.3) is 16.6 Å². The Morgan fingerprint density at radius 3 is 2.93 bits per heavy atom. The van der Waals surface area contributed by atoms with Crippen molar-refractivity contribution in [3.8, 4) is 5.69 Å². The van der Waals surface area contributed by atoms with Gasteiger partial charge in [-0.3, -0.25) is 4.79 Å². The smallest absolute Gasteiger partial charge is 0.305 e. The van der Waals surface area contributed by atoms with Crippen molar-refractivity contribution in [3.05, 3.63) is 40.3 Å². The second-order valence-corrected chi connectivity index (χ2v) is 9.19. The predicted molar refractivity (Wildman–Crippen MR) is 115 cm³/mol. The maximum atomic E-state index is 10.8. The van der Waals surface area contributed by atoms with E-state index in [0.29, 0.717) is 17.5 Å². The zero-order chi connectivity index (χ0) is 20.9. The number of hydrogen-bond donors (Lipinski definition) is 1. The lowest BCUT2D eigenvalue weighted by Gasteiger charge is -2.42. The van der Waals surface area contributed by atoms with Crippen molar-refractivity contribution in [3.63, 3.8) is 0 Å². The number of nitrogens with zero attached hydrogens (tertiary/aromatic N) is 5. The van der Waals surface area contributed by atoms with Gasteiger partial charge in [-0.15, -0.1) is 0 Å². The fourth-order valence-electron chi connectivity index (χ4n) is 4.62. The summed E-state index contributed by atoms with van der Waals surface area (Å²) in [4.78, 5) is 22.1. The average Bonchev–Trinajstić information content (AvgIpc) is 3.40. The van der Waals surface area contributed by atoms with Gasteiger partial charge in [0.05, 0.1) is 41.4 Å². The molecule has 6 rings (SSSR count). The molecule has 0 atom stereocenters. The molecule has 3 aliphatic rings. The van der Waals surface area contributed by atoms with Crippen LogP contribution in [0, 0.1) is 5.92 Å². The third kappa shape index (κ3) is 3.34. The van der Waals surface area contributed by atoms with Gasteiger partial charge < -0.3 is 14.7 Å². The number of carboxylic acids is 1. The molecule has 1 aliphatic carbocycles. The van der Waals surface area contributed by atoms with Gasteiger partial charge in [-0.25, -0.2) is 14.6 Å². The van der Waals surface area contributed by atoms with Crippen LogP contribution in [0.15, 0.2) is 35.3 Å². The monoisotopic (exact) mass is 491 g/mol. The van der Waals surface area contributed by atoms with Crippen LogP contribution in [-0.4, -0.2) is 56.1 Å². The normalized spacial score (nSPS) is 22.5. The Morgan fingerprint density at radius 2 is 2.20 bits per heavy atom. The number of rotatable bonds is 7. The van der Waals surface area contributed by atoms with Crippen LogP contribution in [-0.2, 0) is 9.53 Å². The van der Waals surface area contributed by atoms with Crippen molar-refractivity contribution < 1.29 is 14.6 Å². The summed E-state index contributed by atoms with van der Waals surface area (Å²) in [6, 6.07) is 5.81. The van der Waals surface area contributed by atoms with E-state index in [1.807, 2.05) is 18.2 Å². The second-order valence-electron chi connectivity index (χ2n) is 7.93. The second kappa shape index (κ2) is 7.47. The highest BCUT2D eigenvalue weighted by Crippen LogP contribution is 2.52. The van der Waals surface area contributed by atoms with Gasteiger partial charge in [0.1, 0.15) is 18.5 Å². The van der Waals surface area contributed by atoms with E-state index >= 15 is 0 Å². The number of ether oxygens (including phenoxy) is 1. The number of aromatic nitrogens is 4. The first-order valence-corrected chi connectivity index (χ1v) is 10.8. The van der Waals surface area contributed by atoms with Crippen LogP contribution in [0.2, 0.25) is 5.02 Å². The summed E-state index contributed by atoms with van der Waals surface area (Å²) in [5.74, 6) is 0.613. The molecule has 0 unspecified atom stereocenters. The summed E-state index contributed by atoms with van der Waals surface area (Å²) >= 11 is 9.84. The molecule has 30 heavy (non-hydrogen) atoms. The first kappa shape index (κ1) is 19.7. The molecule has 0 radical (unpaired) electrons. The molecule has 4 heterocycles. The van der Waals surface area contributed by atoms with Gasteiger partial charge in [-0.05, 0) is 46.8 Å². The van der Waals surface area contributed by atoms with E-state index in [9.17, 15) is 4.79 Å². The van der Waals surface area contributed by atoms with Crippen molar-refractivity contribution in [2.75, 3.05) is 24.7 Å². The molecule has 1 saturated carbocycles. The van der Waals surface area contributed by atoms with Gasteiger partial charge in [-0.1, -0.05) is 11.6 Å². The quantitative estimate of drug-likeness (QED) is 0.503. The summed E-state index contributed by atoms with van der Waals surface area (Å²) in [6.45, 7) is 1.63. The molecule has 0 spiro atoms. The van der Waals surface area contributed by atoms with Gasteiger partial charge >= 0.3 is 5.97 Å². The number of halogens is 2. The Morgan fingerprint density at radius 1 is 1.37 bits per heavy atom. The summed E-state index contributed by atoms with van der Waals surface area (Å²) in [6.07, 6.45) is 5.23. The number of carboxylic acid groups (broad SMARTS) is 1. The van der Waals surface area contributed by atoms with E-state index in [4.69, 9.17) is 26.4 Å². The summed E-state index contributed by atoms with van der Waals surface area (Å²) in [7, 11) is 0. The van der Waals surface area contributed by atoms with E-state index in [0.717, 1.165) is 46.3 Å². The lowest BCUT2D eigenvalue weighted by molar-refractivity contribution is -0.138. The van der Waals surface area contributed by atoms with Crippen molar-refractivity contribution in [1.29, 1.82) is 0 Å². The molecule has 2 saturated heterocycles. The Hall–Kier alpha value is -2.23. The van der Waals surface area contributed by atoms with Gasteiger partial charge in [0.2, 0.25) is 0 Å². The molecular weight excluding hydrogens is 474 g/mol. The Balaban J connectivity index is 1.52. The first-order chi connectivity index (χ1) is 14.4. The van der Waals surface area contributed by atoms with Crippen LogP contribution in [0.3, 0.4) is 0 Å². The topological polar surface area (TPSA) is 93.4 Å². The minimum Gasteiger partial charge on any atom is -0.481 e. The molecule has 3 fully saturated rings. The van der Waals surface area contributed by atoms with E-state index in [2.05, 4.69) is 30.9 Å². The highest BCUT2D eigenvalue weighted by molar-refractivity contribution is 9.10. The molecule has 3 aromatic rings. The number of anilines is 1. The molecule has 8 nitrogen and oxygen atoms in total. The van der Waals surface area contributed by atoms with Crippen LogP contribution < -0.4 is 4.90 Å². The van der Waals surface area contributed by atoms with Gasteiger partial charge in [0.25, 0.3) is 0 Å². The highest BCUT2D eigenvalue weighted by Gasteiger charge is 2.56. The van der Waals surface area contributed by atoms with Crippen LogP contribution in [0.4, 0.5) is 5.82 Å². The number of pyridine rings is 1. The third-order valence-electron chi connectivity index (χ3n) is 5.94. The van der Waals surface area contributed by atoms with Gasteiger partial charge in [0, 0.05) is 22.5 Å². The lowest BCUT2D eigenvalue weighted by Crippen LogP contribution is -2.50. The highest BCUT2D eigenvalue weighted by atomic mass is 79.9. The van der Waals surface area contributed by atoms with Crippen molar-refractivity contribution in [1.82, 2.24) is 19.7 Å². The molecule has 10 heteroatoms. The lowest BCUT2D eigenvalue weighted by atomic mass is 9.74. The van der Waals surface area contributed by atoms with E-state index in [1.165, 1.54) is 6.33 Å². The molecule has 156 valence electrons. The summed E-state index contributed by atoms with van der Waals surface area (Å²) in [5, 5.41) is 14.6. The molecule has 1 aromatic carbocycles. The Kier molecular flexibility index (Phi) is 4.91. The Bertz CT molecular complexity index is 1120. The SMILES string of the molecule is O=C(O)CCOCC12CC(CN1c1cc(-n3cncn3)c3cc(Cl)c(Br)cc3n1)C2. The first-order valence-electron chi connectivity index (χ1n) is 9.67. The largest absolute Gasteiger partial charge is 0.481 e. The number of carbonyl (C=O) groups is 1. The van der Waals surface area contributed by atoms with Crippen LogP contribution in [0.1, 0.15) is 19.3 Å². The van der Waals surface area contributed by atoms with Gasteiger partial charge in [0.15, 0.2) is 0 Å². The van der Waals surface area contributed by atoms with E-state index < -0.39 is 5.97 Å². The maximum absolute atomic E-state index is 10.8. The van der Waals surface area contributed by atoms with Crippen molar-refractivity contribution >= 4 is 50.2 Å². The summed E-state index contributed by atoms with van der Waals surface area (Å²) < 4.78 is 8.24. The predicted octanol–water partition coefficient (Wildman–Crippen LogP) is 3.69. The molecule has 2 aromatic heterocycles. The summed E-state index contributed by atoms with van der Waals surface area (Å²) in [5.41, 5.74) is 1.53. The third-order valence-corrected chi connectivity index (χ3v) is 7.14. The standard InChI is InChI=1S/C20H19BrClN5O3/c21-14-4-16-13(3-15(14)22)17(27-11-23-10-24-27)5-18(25-16)26-8-12-6-20(26,7-12)9-30-2-1-19(28)29/h3-5,10-12H,1-2,6-9H2,(H,28,29). The molecular formula is C20H19BrClN5O3. The minimum atomic E-state index is -0.847. The number of benzene rings is 1.